The summed E-state index contributed by atoms with van der Waals surface area (Å²) in [7, 11) is -1.50. The summed E-state index contributed by atoms with van der Waals surface area (Å²) >= 11 is 1.46. The Morgan fingerprint density at radius 2 is 1.97 bits per heavy atom. The van der Waals surface area contributed by atoms with Crippen LogP contribution in [0.15, 0.2) is 47.3 Å². The molecule has 146 valence electrons. The molecule has 0 saturated heterocycles. The largest absolute Gasteiger partial charge is 0.393 e. The quantitative estimate of drug-likeness (QED) is 0.389. The van der Waals surface area contributed by atoms with Crippen LogP contribution >= 0.6 is 11.3 Å². The van der Waals surface area contributed by atoms with Gasteiger partial charge in [-0.05, 0) is 55.5 Å². The number of hydrogen-bond acceptors (Lipinski definition) is 7. The molecule has 0 radical (unpaired) electrons. The van der Waals surface area contributed by atoms with Crippen LogP contribution in [0.2, 0.25) is 0 Å². The molecule has 6 nitrogen and oxygen atoms in total. The van der Waals surface area contributed by atoms with Gasteiger partial charge in [-0.15, -0.1) is 4.21 Å². The molecule has 1 unspecified atom stereocenters. The minimum absolute atomic E-state index is 0.244. The lowest BCUT2D eigenvalue weighted by molar-refractivity contribution is 0.494. The molecule has 0 amide bonds. The van der Waals surface area contributed by atoms with Gasteiger partial charge in [-0.25, -0.2) is 15.0 Å². The molecule has 0 bridgehead atoms. The molecule has 0 aromatic carbocycles. The number of thiol groups is 1. The fraction of sp³-hybridized carbons (Fsp3) is 0.238. The third kappa shape index (κ3) is 3.22. The van der Waals surface area contributed by atoms with Gasteiger partial charge in [0.05, 0.1) is 5.69 Å². The molecule has 5 rings (SSSR count). The maximum absolute atomic E-state index is 13.1. The molecule has 2 N–H and O–H groups in total. The lowest BCUT2D eigenvalue weighted by atomic mass is 10.00. The van der Waals surface area contributed by atoms with Crippen LogP contribution in [0, 0.1) is 6.92 Å². The lowest BCUT2D eigenvalue weighted by Crippen LogP contribution is -2.22. The first-order chi connectivity index (χ1) is 14.1. The standard InChI is InChI=1S/C21H19N5OS2/c1-12-7-13(5-6-25-12)16-8-17(14-9-23-11-24-10-14)26-20-18(16)19(22)21(28-20)29(27)15-3-2-4-15/h5-11,15H,2-4,22H2,1H3/p+1. The Morgan fingerprint density at radius 3 is 2.66 bits per heavy atom. The Hall–Kier alpha value is -2.71. The predicted molar refractivity (Wildman–Crippen MR) is 118 cm³/mol. The van der Waals surface area contributed by atoms with Crippen molar-refractivity contribution in [2.45, 2.75) is 35.6 Å². The van der Waals surface area contributed by atoms with Gasteiger partial charge in [0.1, 0.15) is 32.9 Å². The summed E-state index contributed by atoms with van der Waals surface area (Å²) < 4.78 is 13.9. The summed E-state index contributed by atoms with van der Waals surface area (Å²) in [6, 6.07) is 6.01. The molecular formula is C21H20N5OS2+. The third-order valence-electron chi connectivity index (χ3n) is 5.35. The van der Waals surface area contributed by atoms with E-state index in [0.717, 1.165) is 61.8 Å². The molecule has 1 aliphatic rings. The lowest BCUT2D eigenvalue weighted by Gasteiger charge is -2.18. The molecular weight excluding hydrogens is 402 g/mol. The molecule has 0 spiro atoms. The van der Waals surface area contributed by atoms with E-state index in [1.165, 1.54) is 17.7 Å². The normalized spacial score (nSPS) is 15.3. The van der Waals surface area contributed by atoms with E-state index < -0.39 is 10.8 Å². The Kier molecular flexibility index (Phi) is 4.60. The maximum Gasteiger partial charge on any atom is 0.235 e. The topological polar surface area (TPSA) is 94.7 Å². The minimum Gasteiger partial charge on any atom is -0.393 e. The summed E-state index contributed by atoms with van der Waals surface area (Å²) in [4.78, 5) is 18.2. The second-order valence-corrected chi connectivity index (χ2v) is 10.4. The Labute approximate surface area is 174 Å². The molecule has 4 aromatic rings. The van der Waals surface area contributed by atoms with E-state index in [9.17, 15) is 4.21 Å². The van der Waals surface area contributed by atoms with Crippen molar-refractivity contribution in [3.8, 4) is 22.4 Å². The first kappa shape index (κ1) is 18.3. The van der Waals surface area contributed by atoms with Gasteiger partial charge in [-0.2, -0.15) is 0 Å². The summed E-state index contributed by atoms with van der Waals surface area (Å²) in [5.41, 5.74) is 11.7. The Balaban J connectivity index is 1.77. The van der Waals surface area contributed by atoms with E-state index in [1.54, 1.807) is 18.6 Å². The maximum atomic E-state index is 13.1. The van der Waals surface area contributed by atoms with Crippen LogP contribution in [-0.2, 0) is 15.0 Å². The van der Waals surface area contributed by atoms with E-state index in [-0.39, 0.29) is 5.25 Å². The van der Waals surface area contributed by atoms with E-state index in [0.29, 0.717) is 5.69 Å². The van der Waals surface area contributed by atoms with Gasteiger partial charge >= 0.3 is 0 Å². The van der Waals surface area contributed by atoms with Crippen molar-refractivity contribution in [1.29, 1.82) is 0 Å². The molecule has 4 aromatic heterocycles. The van der Waals surface area contributed by atoms with Crippen LogP contribution < -0.4 is 5.73 Å². The number of nitrogens with two attached hydrogens (primary N) is 1. The Morgan fingerprint density at radius 1 is 1.17 bits per heavy atom. The van der Waals surface area contributed by atoms with Gasteiger partial charge in [-0.3, -0.25) is 4.98 Å². The smallest absolute Gasteiger partial charge is 0.235 e. The number of aryl methyl sites for hydroxylation is 1. The first-order valence-electron chi connectivity index (χ1n) is 9.49. The molecule has 1 fully saturated rings. The van der Waals surface area contributed by atoms with E-state index in [4.69, 9.17) is 10.7 Å². The van der Waals surface area contributed by atoms with Crippen LogP contribution in [0.25, 0.3) is 32.6 Å². The Bertz CT molecular complexity index is 1230. The van der Waals surface area contributed by atoms with Crippen molar-refractivity contribution in [3.63, 3.8) is 0 Å². The molecule has 8 heteroatoms. The monoisotopic (exact) mass is 422 g/mol. The average molecular weight is 423 g/mol. The SMILES string of the molecule is Cc1cc(-c2cc(-c3cncnc3)nc3sc([SH+](=O)C4CCC4)c(N)c23)ccn1. The highest BCUT2D eigenvalue weighted by Crippen LogP contribution is 2.44. The second-order valence-electron chi connectivity index (χ2n) is 7.28. The highest BCUT2D eigenvalue weighted by atomic mass is 32.2. The number of nitrogen functional groups attached to an aromatic ring is 1. The van der Waals surface area contributed by atoms with Gasteiger partial charge in [0, 0.05) is 35.2 Å². The summed E-state index contributed by atoms with van der Waals surface area (Å²) in [5, 5.41) is 1.12. The van der Waals surface area contributed by atoms with E-state index in [1.807, 2.05) is 25.1 Å². The summed E-state index contributed by atoms with van der Waals surface area (Å²) in [6.45, 7) is 1.96. The molecule has 1 saturated carbocycles. The number of thiophene rings is 1. The zero-order valence-electron chi connectivity index (χ0n) is 15.9. The third-order valence-corrected chi connectivity index (χ3v) is 8.89. The summed E-state index contributed by atoms with van der Waals surface area (Å²) in [5.74, 6) is 0. The zero-order chi connectivity index (χ0) is 20.0. The van der Waals surface area contributed by atoms with Crippen molar-refractivity contribution in [1.82, 2.24) is 19.9 Å². The number of hydrogen-bond donors (Lipinski definition) is 1. The minimum atomic E-state index is -1.50. The first-order valence-corrected chi connectivity index (χ1v) is 11.6. The molecule has 1 aliphatic carbocycles. The van der Waals surface area contributed by atoms with Crippen molar-refractivity contribution < 1.29 is 4.21 Å². The van der Waals surface area contributed by atoms with E-state index in [2.05, 4.69) is 15.0 Å². The number of aromatic nitrogens is 4. The van der Waals surface area contributed by atoms with Crippen molar-refractivity contribution >= 4 is 38.0 Å². The van der Waals surface area contributed by atoms with Crippen LogP contribution in [0.1, 0.15) is 25.0 Å². The van der Waals surface area contributed by atoms with Crippen LogP contribution in [-0.4, -0.2) is 25.2 Å². The molecule has 1 atom stereocenters. The fourth-order valence-corrected chi connectivity index (χ4v) is 7.02. The van der Waals surface area contributed by atoms with Gasteiger partial charge < -0.3 is 5.73 Å². The fourth-order valence-electron chi connectivity index (χ4n) is 3.58. The zero-order valence-corrected chi connectivity index (χ0v) is 17.6. The highest BCUT2D eigenvalue weighted by molar-refractivity contribution is 7.88. The van der Waals surface area contributed by atoms with Gasteiger partial charge in [0.25, 0.3) is 0 Å². The van der Waals surface area contributed by atoms with Gasteiger partial charge in [0.2, 0.25) is 4.21 Å². The van der Waals surface area contributed by atoms with Gasteiger partial charge in [0.15, 0.2) is 0 Å². The van der Waals surface area contributed by atoms with Crippen LogP contribution in [0.5, 0.6) is 0 Å². The van der Waals surface area contributed by atoms with Crippen molar-refractivity contribution in [2.75, 3.05) is 5.73 Å². The van der Waals surface area contributed by atoms with Crippen LogP contribution in [0.3, 0.4) is 0 Å². The predicted octanol–water partition coefficient (Wildman–Crippen LogP) is 4.31. The van der Waals surface area contributed by atoms with E-state index >= 15 is 0 Å². The van der Waals surface area contributed by atoms with Crippen molar-refractivity contribution in [3.05, 3.63) is 48.8 Å². The molecule has 29 heavy (non-hydrogen) atoms. The number of nitrogens with zero attached hydrogens (tertiary/aromatic N) is 4. The second kappa shape index (κ2) is 7.27. The number of pyridine rings is 2. The highest BCUT2D eigenvalue weighted by Gasteiger charge is 2.35. The van der Waals surface area contributed by atoms with Crippen LogP contribution in [0.4, 0.5) is 5.69 Å². The number of anilines is 1. The molecule has 4 heterocycles. The summed E-state index contributed by atoms with van der Waals surface area (Å²) in [6.07, 6.45) is 9.96. The molecule has 0 aliphatic heterocycles. The number of rotatable bonds is 4. The number of fused-ring (bicyclic) bond motifs is 1. The van der Waals surface area contributed by atoms with Crippen molar-refractivity contribution in [2.24, 2.45) is 0 Å². The average Bonchev–Trinajstić information content (AvgIpc) is 3.03. The van der Waals surface area contributed by atoms with Gasteiger partial charge in [-0.1, -0.05) is 11.3 Å².